The van der Waals surface area contributed by atoms with Crippen LogP contribution < -0.4 is 5.56 Å². The molecule has 0 aliphatic carbocycles. The quantitative estimate of drug-likeness (QED) is 0.414. The van der Waals surface area contributed by atoms with E-state index in [-0.39, 0.29) is 5.56 Å². The Balaban J connectivity index is 1.30. The number of hydrogen-bond acceptors (Lipinski definition) is 5. The number of nitrogens with zero attached hydrogens (tertiary/aromatic N) is 4. The van der Waals surface area contributed by atoms with Crippen LogP contribution in [-0.4, -0.2) is 37.0 Å². The summed E-state index contributed by atoms with van der Waals surface area (Å²) in [6, 6.07) is 16.2. The van der Waals surface area contributed by atoms with Crippen LogP contribution in [0.1, 0.15) is 28.1 Å². The molecule has 5 aromatic rings. The number of aryl methyl sites for hydroxylation is 1. The van der Waals surface area contributed by atoms with Gasteiger partial charge in [-0.05, 0) is 42.7 Å². The SMILES string of the molecule is Cc1nc2sccn2c(=O)c1CCN1CCc2c(c3cc(O)ccc3n2Cc2ccccc2)C1. The molecule has 0 unspecified atom stereocenters. The van der Waals surface area contributed by atoms with Crippen molar-refractivity contribution in [3.05, 3.63) is 98.5 Å². The summed E-state index contributed by atoms with van der Waals surface area (Å²) in [5, 5.41) is 13.2. The minimum atomic E-state index is 0.0471. The van der Waals surface area contributed by atoms with E-state index in [0.717, 1.165) is 59.7 Å². The van der Waals surface area contributed by atoms with Gasteiger partial charge >= 0.3 is 0 Å². The number of aromatic nitrogens is 3. The number of aromatic hydroxyl groups is 1. The average Bonchev–Trinajstić information content (AvgIpc) is 3.42. The Labute approximate surface area is 201 Å². The van der Waals surface area contributed by atoms with Crippen LogP contribution in [0.5, 0.6) is 5.75 Å². The van der Waals surface area contributed by atoms with E-state index in [9.17, 15) is 9.90 Å². The smallest absolute Gasteiger partial charge is 0.261 e. The Kier molecular flexibility index (Phi) is 5.23. The maximum Gasteiger partial charge on any atom is 0.261 e. The van der Waals surface area contributed by atoms with Crippen molar-refractivity contribution in [1.82, 2.24) is 18.9 Å². The molecule has 6 nitrogen and oxygen atoms in total. The van der Waals surface area contributed by atoms with Crippen molar-refractivity contribution in [2.24, 2.45) is 0 Å². The van der Waals surface area contributed by atoms with Gasteiger partial charge in [0.15, 0.2) is 4.96 Å². The second kappa shape index (κ2) is 8.42. The molecule has 0 spiro atoms. The molecule has 1 aliphatic rings. The third-order valence-corrected chi connectivity index (χ3v) is 7.70. The van der Waals surface area contributed by atoms with Gasteiger partial charge in [0, 0.05) is 72.0 Å². The first kappa shape index (κ1) is 21.1. The number of rotatable bonds is 5. The van der Waals surface area contributed by atoms with Crippen LogP contribution in [0.3, 0.4) is 0 Å². The average molecular weight is 471 g/mol. The molecule has 0 saturated heterocycles. The Bertz CT molecular complexity index is 1560. The number of fused-ring (bicyclic) bond motifs is 4. The highest BCUT2D eigenvalue weighted by atomic mass is 32.1. The van der Waals surface area contributed by atoms with Gasteiger partial charge in [0.25, 0.3) is 5.56 Å². The highest BCUT2D eigenvalue weighted by Crippen LogP contribution is 2.33. The highest BCUT2D eigenvalue weighted by Gasteiger charge is 2.25. The topological polar surface area (TPSA) is 62.8 Å². The molecule has 0 bridgehead atoms. The molecule has 172 valence electrons. The Morgan fingerprint density at radius 1 is 1.15 bits per heavy atom. The normalized spacial score (nSPS) is 14.1. The van der Waals surface area contributed by atoms with Crippen molar-refractivity contribution >= 4 is 27.2 Å². The highest BCUT2D eigenvalue weighted by molar-refractivity contribution is 7.15. The maximum absolute atomic E-state index is 13.0. The van der Waals surface area contributed by atoms with E-state index in [2.05, 4.69) is 38.7 Å². The summed E-state index contributed by atoms with van der Waals surface area (Å²) in [6.07, 6.45) is 3.43. The first-order valence-electron chi connectivity index (χ1n) is 11.6. The Morgan fingerprint density at radius 2 is 2.00 bits per heavy atom. The van der Waals surface area contributed by atoms with Gasteiger partial charge in [-0.25, -0.2) is 4.98 Å². The molecular formula is C27H26N4O2S. The van der Waals surface area contributed by atoms with E-state index in [1.54, 1.807) is 16.7 Å². The molecule has 34 heavy (non-hydrogen) atoms. The number of benzene rings is 2. The lowest BCUT2D eigenvalue weighted by Gasteiger charge is -2.28. The number of phenols is 1. The predicted octanol–water partition coefficient (Wildman–Crippen LogP) is 4.37. The van der Waals surface area contributed by atoms with E-state index >= 15 is 0 Å². The third kappa shape index (κ3) is 3.61. The second-order valence-electron chi connectivity index (χ2n) is 9.01. The van der Waals surface area contributed by atoms with Crippen LogP contribution in [0.2, 0.25) is 0 Å². The monoisotopic (exact) mass is 470 g/mol. The summed E-state index contributed by atoms with van der Waals surface area (Å²) in [6.45, 7) is 5.31. The first-order chi connectivity index (χ1) is 16.6. The molecule has 7 heteroatoms. The summed E-state index contributed by atoms with van der Waals surface area (Å²) in [5.41, 5.74) is 6.73. The summed E-state index contributed by atoms with van der Waals surface area (Å²) in [7, 11) is 0. The van der Waals surface area contributed by atoms with Gasteiger partial charge in [0.2, 0.25) is 0 Å². The fourth-order valence-corrected chi connectivity index (χ4v) is 5.96. The third-order valence-electron chi connectivity index (χ3n) is 6.94. The molecule has 1 aliphatic heterocycles. The van der Waals surface area contributed by atoms with Gasteiger partial charge < -0.3 is 9.67 Å². The minimum Gasteiger partial charge on any atom is -0.508 e. The predicted molar refractivity (Wildman–Crippen MR) is 136 cm³/mol. The van der Waals surface area contributed by atoms with Crippen LogP contribution >= 0.6 is 11.3 Å². The number of phenolic OH excluding ortho intramolecular Hbond substituents is 1. The minimum absolute atomic E-state index is 0.0471. The van der Waals surface area contributed by atoms with E-state index in [1.807, 2.05) is 30.5 Å². The standard InChI is InChI=1S/C27H26N4O2S/c1-18-21(26(33)30-13-14-34-27(30)28-18)9-11-29-12-10-25-23(17-29)22-15-20(32)7-8-24(22)31(25)16-19-5-3-2-4-6-19/h2-8,13-15,32H,9-12,16-17H2,1H3. The molecule has 3 aromatic heterocycles. The van der Waals surface area contributed by atoms with Crippen molar-refractivity contribution in [2.45, 2.75) is 32.9 Å². The zero-order valence-corrected chi connectivity index (χ0v) is 19.9. The molecule has 1 N–H and O–H groups in total. The van der Waals surface area contributed by atoms with Gasteiger partial charge in [-0.1, -0.05) is 30.3 Å². The van der Waals surface area contributed by atoms with Gasteiger partial charge in [-0.3, -0.25) is 14.1 Å². The molecule has 0 fully saturated rings. The molecule has 0 radical (unpaired) electrons. The van der Waals surface area contributed by atoms with Crippen molar-refractivity contribution in [3.8, 4) is 5.75 Å². The Hall–Kier alpha value is -3.42. The zero-order chi connectivity index (χ0) is 23.2. The zero-order valence-electron chi connectivity index (χ0n) is 19.1. The molecule has 0 amide bonds. The molecule has 6 rings (SSSR count). The van der Waals surface area contributed by atoms with Gasteiger partial charge in [-0.2, -0.15) is 0 Å². The summed E-state index contributed by atoms with van der Waals surface area (Å²) < 4.78 is 4.06. The van der Waals surface area contributed by atoms with E-state index in [0.29, 0.717) is 12.2 Å². The fourth-order valence-electron chi connectivity index (χ4n) is 5.21. The van der Waals surface area contributed by atoms with Gasteiger partial charge in [0.05, 0.1) is 0 Å². The molecule has 4 heterocycles. The molecule has 0 atom stereocenters. The lowest BCUT2D eigenvalue weighted by Crippen LogP contribution is -2.34. The first-order valence-corrected chi connectivity index (χ1v) is 12.5. The van der Waals surface area contributed by atoms with Crippen LogP contribution in [-0.2, 0) is 25.9 Å². The van der Waals surface area contributed by atoms with E-state index in [1.165, 1.54) is 28.2 Å². The lowest BCUT2D eigenvalue weighted by atomic mass is 10.0. The maximum atomic E-state index is 13.0. The molecule has 2 aromatic carbocycles. The summed E-state index contributed by atoms with van der Waals surface area (Å²) in [4.78, 5) is 20.7. The van der Waals surface area contributed by atoms with E-state index in [4.69, 9.17) is 0 Å². The fraction of sp³-hybridized carbons (Fsp3) is 0.259. The molecule has 0 saturated carbocycles. The van der Waals surface area contributed by atoms with Crippen LogP contribution in [0.15, 0.2) is 64.9 Å². The largest absolute Gasteiger partial charge is 0.508 e. The van der Waals surface area contributed by atoms with Crippen molar-refractivity contribution in [1.29, 1.82) is 0 Å². The number of thiazole rings is 1. The summed E-state index contributed by atoms with van der Waals surface area (Å²) >= 11 is 1.49. The lowest BCUT2D eigenvalue weighted by molar-refractivity contribution is 0.255. The van der Waals surface area contributed by atoms with Crippen LogP contribution in [0, 0.1) is 6.92 Å². The van der Waals surface area contributed by atoms with E-state index < -0.39 is 0 Å². The number of hydrogen-bond donors (Lipinski definition) is 1. The van der Waals surface area contributed by atoms with Crippen molar-refractivity contribution < 1.29 is 5.11 Å². The van der Waals surface area contributed by atoms with Crippen LogP contribution in [0.4, 0.5) is 0 Å². The molecular weight excluding hydrogens is 444 g/mol. The van der Waals surface area contributed by atoms with Crippen molar-refractivity contribution in [2.75, 3.05) is 13.1 Å². The van der Waals surface area contributed by atoms with Gasteiger partial charge in [-0.15, -0.1) is 11.3 Å². The van der Waals surface area contributed by atoms with Gasteiger partial charge in [0.1, 0.15) is 5.75 Å². The van der Waals surface area contributed by atoms with Crippen LogP contribution in [0.25, 0.3) is 15.9 Å². The van der Waals surface area contributed by atoms with Crippen molar-refractivity contribution in [3.63, 3.8) is 0 Å². The Morgan fingerprint density at radius 3 is 2.85 bits per heavy atom. The second-order valence-corrected chi connectivity index (χ2v) is 9.88. The summed E-state index contributed by atoms with van der Waals surface area (Å²) in [5.74, 6) is 0.295.